The molecule has 3 aromatic carbocycles. The van der Waals surface area contributed by atoms with Crippen LogP contribution in [0.25, 0.3) is 11.1 Å². The topological polar surface area (TPSA) is 95.0 Å². The van der Waals surface area contributed by atoms with Gasteiger partial charge in [0.1, 0.15) is 18.2 Å². The molecule has 0 saturated carbocycles. The summed E-state index contributed by atoms with van der Waals surface area (Å²) >= 11 is 13.4. The molecular formula is C37H37Cl2F3N4O6. The molecule has 1 N–H and O–H groups in total. The van der Waals surface area contributed by atoms with Crippen molar-refractivity contribution in [3.8, 4) is 16.9 Å². The molecule has 5 aliphatic heterocycles. The highest BCUT2D eigenvalue weighted by molar-refractivity contribution is 6.40. The van der Waals surface area contributed by atoms with Crippen molar-refractivity contribution in [2.45, 2.75) is 37.4 Å². The van der Waals surface area contributed by atoms with Gasteiger partial charge in [0.05, 0.1) is 65.2 Å². The molecule has 5 heterocycles. The van der Waals surface area contributed by atoms with Crippen LogP contribution in [-0.2, 0) is 16.0 Å². The number of carbonyl (C=O) groups is 2. The van der Waals surface area contributed by atoms with Crippen molar-refractivity contribution in [3.05, 3.63) is 75.0 Å². The number of carboxylic acid groups (broad SMARTS) is 1. The summed E-state index contributed by atoms with van der Waals surface area (Å²) < 4.78 is 60.1. The molecule has 3 aromatic rings. The maximum atomic E-state index is 15.7. The van der Waals surface area contributed by atoms with Crippen LogP contribution in [0.1, 0.15) is 39.1 Å². The quantitative estimate of drug-likeness (QED) is 0.271. The monoisotopic (exact) mass is 760 g/mol. The number of ether oxygens (including phenoxy) is 3. The number of halogens is 5. The third-order valence-corrected chi connectivity index (χ3v) is 11.4. The van der Waals surface area contributed by atoms with Crippen LogP contribution in [0.15, 0.2) is 42.5 Å². The summed E-state index contributed by atoms with van der Waals surface area (Å²) in [5, 5.41) is 10.3. The van der Waals surface area contributed by atoms with E-state index in [0.717, 1.165) is 24.6 Å². The second-order valence-corrected chi connectivity index (χ2v) is 15.4. The van der Waals surface area contributed by atoms with Gasteiger partial charge in [0.25, 0.3) is 11.8 Å². The van der Waals surface area contributed by atoms with Gasteiger partial charge in [-0.3, -0.25) is 9.69 Å². The summed E-state index contributed by atoms with van der Waals surface area (Å²) in [6.07, 6.45) is 1.72. The lowest BCUT2D eigenvalue weighted by molar-refractivity contribution is -0.123. The highest BCUT2D eigenvalue weighted by Crippen LogP contribution is 2.46. The van der Waals surface area contributed by atoms with Crippen LogP contribution in [0.2, 0.25) is 10.0 Å². The van der Waals surface area contributed by atoms with Crippen molar-refractivity contribution in [1.82, 2.24) is 9.80 Å². The van der Waals surface area contributed by atoms with E-state index in [4.69, 9.17) is 32.7 Å². The fourth-order valence-electron chi connectivity index (χ4n) is 8.64. The average molecular weight is 762 g/mol. The van der Waals surface area contributed by atoms with E-state index in [1.807, 2.05) is 0 Å². The Bertz CT molecular complexity index is 1900. The second-order valence-electron chi connectivity index (χ2n) is 14.6. The molecule has 0 aromatic heterocycles. The van der Waals surface area contributed by atoms with Crippen molar-refractivity contribution in [3.63, 3.8) is 0 Å². The number of methoxy groups -OCH3 is 1. The zero-order valence-corrected chi connectivity index (χ0v) is 29.9. The number of amides is 1. The number of hydrogen-bond acceptors (Lipinski definition) is 8. The predicted octanol–water partition coefficient (Wildman–Crippen LogP) is 6.26. The highest BCUT2D eigenvalue weighted by atomic mass is 35.5. The lowest BCUT2D eigenvalue weighted by atomic mass is 9.72. The van der Waals surface area contributed by atoms with Crippen molar-refractivity contribution in [2.24, 2.45) is 5.41 Å². The van der Waals surface area contributed by atoms with Gasteiger partial charge in [-0.25, -0.2) is 18.0 Å². The zero-order valence-electron chi connectivity index (χ0n) is 28.3. The SMILES string of the molecule is COCC(F)(F)CN1CC2(C1)CN(c1cc(Cl)c(C(=O)N3COc4c(cccc4-c4cc(N5C6CCC5COC6)c(C(=O)O)cc4F)C3)c(Cl)c1)C2. The van der Waals surface area contributed by atoms with Crippen molar-refractivity contribution >= 4 is 46.5 Å². The molecule has 4 fully saturated rings. The van der Waals surface area contributed by atoms with Gasteiger partial charge in [0.15, 0.2) is 6.73 Å². The summed E-state index contributed by atoms with van der Waals surface area (Å²) in [5.74, 6) is -4.83. The van der Waals surface area contributed by atoms with Gasteiger partial charge in [0, 0.05) is 61.1 Å². The van der Waals surface area contributed by atoms with Crippen molar-refractivity contribution in [2.75, 3.05) is 76.2 Å². The van der Waals surface area contributed by atoms with Crippen LogP contribution in [0, 0.1) is 11.2 Å². The van der Waals surface area contributed by atoms with Gasteiger partial charge < -0.3 is 34.0 Å². The Labute approximate surface area is 308 Å². The van der Waals surface area contributed by atoms with Crippen LogP contribution >= 0.6 is 23.2 Å². The molecule has 15 heteroatoms. The normalized spacial score (nSPS) is 22.2. The van der Waals surface area contributed by atoms with Crippen LogP contribution in [0.3, 0.4) is 0 Å². The number of carboxylic acids is 1. The first-order valence-electron chi connectivity index (χ1n) is 17.2. The standard InChI is InChI=1S/C37H37Cl2F3N4O6/c1-50-19-37(41,42)18-43-14-36(15-43)16-45(17-36)24-7-28(38)32(29(39)8-24)34(47)44-11-21-3-2-4-25(33(21)52-20-44)26-10-31(27(35(48)49)9-30(26)40)46-22-5-6-23(46)13-51-12-22/h2-4,7-10,22-23H,5-6,11-20H2,1H3,(H,48,49). The molecule has 2 atom stereocenters. The zero-order chi connectivity index (χ0) is 36.5. The summed E-state index contributed by atoms with van der Waals surface area (Å²) in [6.45, 7) is 2.45. The Morgan fingerprint density at radius 3 is 2.37 bits per heavy atom. The largest absolute Gasteiger partial charge is 0.478 e. The molecule has 1 amide bonds. The molecule has 2 bridgehead atoms. The Kier molecular flexibility index (Phi) is 9.01. The lowest BCUT2D eigenvalue weighted by Gasteiger charge is -2.61. The molecule has 4 saturated heterocycles. The second kappa shape index (κ2) is 13.3. The number of carbonyl (C=O) groups excluding carboxylic acids is 1. The number of alkyl halides is 2. The minimum Gasteiger partial charge on any atom is -0.478 e. The number of fused-ring (bicyclic) bond motifs is 3. The Hall–Kier alpha value is -3.75. The number of nitrogens with zero attached hydrogens (tertiary/aromatic N) is 4. The molecule has 276 valence electrons. The molecule has 1 spiro atoms. The van der Waals surface area contributed by atoms with E-state index in [1.54, 1.807) is 41.3 Å². The van der Waals surface area contributed by atoms with Crippen LogP contribution in [0.4, 0.5) is 24.5 Å². The third-order valence-electron chi connectivity index (χ3n) is 10.8. The minimum absolute atomic E-state index is 0.00864. The maximum absolute atomic E-state index is 15.7. The summed E-state index contributed by atoms with van der Waals surface area (Å²) in [7, 11) is 1.26. The van der Waals surface area contributed by atoms with Crippen molar-refractivity contribution in [1.29, 1.82) is 0 Å². The van der Waals surface area contributed by atoms with Crippen molar-refractivity contribution < 1.29 is 42.1 Å². The molecule has 10 nitrogen and oxygen atoms in total. The van der Waals surface area contributed by atoms with Gasteiger partial charge in [-0.05, 0) is 37.1 Å². The molecule has 5 aliphatic rings. The number of anilines is 2. The first-order valence-corrected chi connectivity index (χ1v) is 17.9. The summed E-state index contributed by atoms with van der Waals surface area (Å²) in [5.41, 5.74) is 2.43. The van der Waals surface area contributed by atoms with E-state index in [9.17, 15) is 23.5 Å². The van der Waals surface area contributed by atoms with Crippen LogP contribution < -0.4 is 14.5 Å². The molecule has 2 unspecified atom stereocenters. The maximum Gasteiger partial charge on any atom is 0.337 e. The number of likely N-dealkylation sites (tertiary alicyclic amines) is 1. The fourth-order valence-corrected chi connectivity index (χ4v) is 9.28. The number of aromatic carboxylic acids is 1. The van der Waals surface area contributed by atoms with E-state index in [1.165, 1.54) is 12.0 Å². The Morgan fingerprint density at radius 1 is 1.02 bits per heavy atom. The third kappa shape index (κ3) is 6.23. The summed E-state index contributed by atoms with van der Waals surface area (Å²) in [4.78, 5) is 33.4. The average Bonchev–Trinajstić information content (AvgIpc) is 3.30. The van der Waals surface area contributed by atoms with E-state index >= 15 is 4.39 Å². The first-order chi connectivity index (χ1) is 24.8. The molecule has 8 rings (SSSR count). The number of morpholine rings is 1. The molecule has 0 aliphatic carbocycles. The smallest absolute Gasteiger partial charge is 0.337 e. The Balaban J connectivity index is 0.978. The van der Waals surface area contributed by atoms with Crippen LogP contribution in [0.5, 0.6) is 5.75 Å². The first kappa shape index (κ1) is 35.3. The fraction of sp³-hybridized carbons (Fsp3) is 0.459. The predicted molar refractivity (Wildman–Crippen MR) is 189 cm³/mol. The van der Waals surface area contributed by atoms with E-state index in [2.05, 4.69) is 14.5 Å². The van der Waals surface area contributed by atoms with Gasteiger partial charge in [-0.15, -0.1) is 0 Å². The number of para-hydroxylation sites is 1. The van der Waals surface area contributed by atoms with Gasteiger partial charge in [0.2, 0.25) is 0 Å². The number of rotatable bonds is 9. The number of benzene rings is 3. The minimum atomic E-state index is -2.90. The van der Waals surface area contributed by atoms with Gasteiger partial charge >= 0.3 is 5.97 Å². The van der Waals surface area contributed by atoms with E-state index in [0.29, 0.717) is 62.0 Å². The molecule has 52 heavy (non-hydrogen) atoms. The van der Waals surface area contributed by atoms with Crippen LogP contribution in [-0.4, -0.2) is 111 Å². The highest BCUT2D eigenvalue weighted by Gasteiger charge is 2.53. The van der Waals surface area contributed by atoms with Gasteiger partial charge in [-0.2, -0.15) is 0 Å². The Morgan fingerprint density at radius 2 is 1.71 bits per heavy atom. The van der Waals surface area contributed by atoms with E-state index in [-0.39, 0.29) is 64.1 Å². The molecule has 0 radical (unpaired) electrons. The van der Waals surface area contributed by atoms with E-state index < -0.39 is 30.2 Å². The lowest BCUT2D eigenvalue weighted by Crippen LogP contribution is -2.73. The number of hydrogen-bond donors (Lipinski definition) is 1. The molecular weight excluding hydrogens is 724 g/mol. The van der Waals surface area contributed by atoms with Gasteiger partial charge in [-0.1, -0.05) is 41.4 Å². The summed E-state index contributed by atoms with van der Waals surface area (Å²) in [6, 6.07) is 11.3.